The van der Waals surface area contributed by atoms with E-state index in [2.05, 4.69) is 24.7 Å². The van der Waals surface area contributed by atoms with Crippen LogP contribution in [0.2, 0.25) is 0 Å². The first kappa shape index (κ1) is 28.8. The van der Waals surface area contributed by atoms with Gasteiger partial charge in [-0.2, -0.15) is 26.9 Å². The molecule has 41 heavy (non-hydrogen) atoms. The van der Waals surface area contributed by atoms with E-state index in [0.717, 1.165) is 16.4 Å². The molecule has 0 unspecified atom stereocenters. The largest absolute Gasteiger partial charge is 0.543 e. The second kappa shape index (κ2) is 11.3. The number of aliphatic carboxylic acids is 1. The van der Waals surface area contributed by atoms with E-state index in [-0.39, 0.29) is 35.5 Å². The molecule has 0 spiro atoms. The van der Waals surface area contributed by atoms with Crippen molar-refractivity contribution in [2.24, 2.45) is 5.16 Å². The highest BCUT2D eigenvalue weighted by molar-refractivity contribution is 8.00. The van der Waals surface area contributed by atoms with Crippen LogP contribution in [-0.2, 0) is 42.6 Å². The van der Waals surface area contributed by atoms with Gasteiger partial charge in [0.15, 0.2) is 5.13 Å². The number of imidazole rings is 1. The minimum Gasteiger partial charge on any atom is -0.543 e. The zero-order chi connectivity index (χ0) is 29.5. The topological polar surface area (TPSA) is 238 Å². The minimum absolute atomic E-state index is 0.0117. The molecule has 1 saturated heterocycles. The molecule has 1 fully saturated rings. The van der Waals surface area contributed by atoms with E-state index in [9.17, 15) is 32.3 Å². The maximum absolute atomic E-state index is 13.0. The Morgan fingerprint density at radius 3 is 2.85 bits per heavy atom. The number of carbonyl (C=O) groups excluding carboxylic acids is 3. The Bertz CT molecular complexity index is 1720. The van der Waals surface area contributed by atoms with E-state index in [4.69, 9.17) is 10.3 Å². The molecule has 3 aromatic heterocycles. The number of oxime groups is 1. The van der Waals surface area contributed by atoms with Gasteiger partial charge in [0.2, 0.25) is 22.7 Å². The summed E-state index contributed by atoms with van der Waals surface area (Å²) in [6.45, 7) is -1.45. The summed E-state index contributed by atoms with van der Waals surface area (Å²) in [6.07, 6.45) is 3.32. The maximum atomic E-state index is 13.0. The van der Waals surface area contributed by atoms with Crippen LogP contribution >= 0.6 is 34.6 Å². The number of hydrogen-bond acceptors (Lipinski definition) is 14. The van der Waals surface area contributed by atoms with Crippen LogP contribution in [0, 0.1) is 0 Å². The summed E-state index contributed by atoms with van der Waals surface area (Å²) >= 11 is 3.26. The Balaban J connectivity index is 1.33. The summed E-state index contributed by atoms with van der Waals surface area (Å²) in [5.41, 5.74) is 5.58. The monoisotopic (exact) mass is 647 g/mol. The number of nitrogen functional groups attached to an aromatic ring is 1. The number of hydrogen-bond donors (Lipinski definition) is 4. The molecule has 0 aromatic carbocycles. The van der Waals surface area contributed by atoms with Crippen molar-refractivity contribution in [2.75, 3.05) is 18.3 Å². The van der Waals surface area contributed by atoms with Crippen LogP contribution in [-0.4, -0.2) is 79.2 Å². The fourth-order valence-corrected chi connectivity index (χ4v) is 7.16. The van der Waals surface area contributed by atoms with Crippen molar-refractivity contribution < 1.29 is 46.3 Å². The molecule has 2 atom stereocenters. The Kier molecular flexibility index (Phi) is 7.93. The van der Waals surface area contributed by atoms with Gasteiger partial charge in [0.25, 0.3) is 18.7 Å². The third-order valence-electron chi connectivity index (χ3n) is 5.81. The molecule has 0 saturated carbocycles. The Morgan fingerprint density at radius 2 is 2.20 bits per heavy atom. The molecular formula is C19H18FN9O8S4. The average Bonchev–Trinajstić information content (AvgIpc) is 3.61. The van der Waals surface area contributed by atoms with Crippen LogP contribution in [0.25, 0.3) is 4.83 Å². The molecule has 5 rings (SSSR count). The molecule has 5 N–H and O–H groups in total. The third-order valence-corrected chi connectivity index (χ3v) is 9.14. The van der Waals surface area contributed by atoms with Crippen molar-refractivity contribution >= 4 is 78.4 Å². The highest BCUT2D eigenvalue weighted by atomic mass is 32.2. The molecular weight excluding hydrogens is 630 g/mol. The van der Waals surface area contributed by atoms with Gasteiger partial charge in [0.05, 0.1) is 18.2 Å². The molecule has 0 bridgehead atoms. The molecule has 5 heterocycles. The van der Waals surface area contributed by atoms with E-state index in [1.165, 1.54) is 23.1 Å². The van der Waals surface area contributed by atoms with Crippen LogP contribution in [0.15, 0.2) is 34.3 Å². The molecule has 17 nitrogen and oxygen atoms in total. The van der Waals surface area contributed by atoms with Crippen molar-refractivity contribution in [1.82, 2.24) is 28.7 Å². The summed E-state index contributed by atoms with van der Waals surface area (Å²) in [4.78, 5) is 47.9. The Morgan fingerprint density at radius 1 is 1.41 bits per heavy atom. The number of halogens is 1. The molecule has 3 aromatic rings. The molecule has 0 aliphatic carbocycles. The van der Waals surface area contributed by atoms with Crippen LogP contribution in [0.3, 0.4) is 0 Å². The first-order valence-corrected chi connectivity index (χ1v) is 15.3. The molecule has 2 amide bonds. The van der Waals surface area contributed by atoms with Gasteiger partial charge in [0.1, 0.15) is 29.9 Å². The van der Waals surface area contributed by atoms with E-state index < -0.39 is 52.1 Å². The predicted molar refractivity (Wildman–Crippen MR) is 139 cm³/mol. The number of nitrogens with one attached hydrogen (secondary N) is 2. The third kappa shape index (κ3) is 5.87. The van der Waals surface area contributed by atoms with Gasteiger partial charge in [-0.05, 0) is 0 Å². The number of aromatic nitrogens is 4. The summed E-state index contributed by atoms with van der Waals surface area (Å²) in [5, 5.41) is 18.9. The van der Waals surface area contributed by atoms with Gasteiger partial charge in [-0.15, -0.1) is 11.8 Å². The molecule has 2 aliphatic heterocycles. The minimum atomic E-state index is -4.40. The number of anilines is 1. The summed E-state index contributed by atoms with van der Waals surface area (Å²) in [6, 6.07) is -1.14. The van der Waals surface area contributed by atoms with Crippen LogP contribution in [0.1, 0.15) is 11.5 Å². The SMILES string of the molecule is Nc1nc(/C(=N/OCF)C(=O)N[C@@H]2C(=O)N3C(C(=O)[O-])=C(C[n+]4cc5scc(CNS(=O)(=O)O)n5c4)CS[C@H]23)ns1. The Labute approximate surface area is 241 Å². The van der Waals surface area contributed by atoms with Crippen molar-refractivity contribution in [2.45, 2.75) is 24.5 Å². The highest BCUT2D eigenvalue weighted by Crippen LogP contribution is 2.40. The molecule has 22 heteroatoms. The first-order chi connectivity index (χ1) is 19.5. The van der Waals surface area contributed by atoms with Gasteiger partial charge >= 0.3 is 10.3 Å². The number of carbonyl (C=O) groups is 3. The predicted octanol–water partition coefficient (Wildman–Crippen LogP) is -2.63. The van der Waals surface area contributed by atoms with E-state index in [1.807, 2.05) is 4.72 Å². The van der Waals surface area contributed by atoms with Crippen LogP contribution < -0.4 is 25.4 Å². The number of thiazole rings is 1. The lowest BCUT2D eigenvalue weighted by molar-refractivity contribution is -0.687. The zero-order valence-corrected chi connectivity index (χ0v) is 23.6. The van der Waals surface area contributed by atoms with Crippen LogP contribution in [0.4, 0.5) is 9.52 Å². The number of nitrogens with two attached hydrogens (primary N) is 1. The average molecular weight is 648 g/mol. The molecule has 0 radical (unpaired) electrons. The Hall–Kier alpha value is -3.70. The van der Waals surface area contributed by atoms with Gasteiger partial charge in [-0.25, -0.2) is 8.96 Å². The number of fused-ring (bicyclic) bond motifs is 2. The number of alkyl halides is 1. The first-order valence-electron chi connectivity index (χ1n) is 11.2. The second-order valence-electron chi connectivity index (χ2n) is 8.38. The standard InChI is InChI=1S/C19H18FN9O8S4/c20-6-37-25-11(14-24-19(21)40-26-14)15(30)23-12-16(31)29-13(18(32)33)8(4-39-17(12)29)2-27-3-10-28(7-27)9(5-38-10)1-22-41(34,35)36/h3,5,7,12,17,22H,1-2,4,6H2,(H4-,21,23,24,26,30,32,33,34,35,36)/b25-11-/t12-,17-/m1/s1. The lowest BCUT2D eigenvalue weighted by Gasteiger charge is -2.50. The van der Waals surface area contributed by atoms with Gasteiger partial charge in [0, 0.05) is 28.2 Å². The van der Waals surface area contributed by atoms with Crippen LogP contribution in [0.5, 0.6) is 0 Å². The van der Waals surface area contributed by atoms with Crippen molar-refractivity contribution in [3.05, 3.63) is 40.7 Å². The van der Waals surface area contributed by atoms with Crippen molar-refractivity contribution in [1.29, 1.82) is 0 Å². The number of amides is 2. The van der Waals surface area contributed by atoms with E-state index >= 15 is 0 Å². The number of carboxylic acids is 1. The second-order valence-corrected chi connectivity index (χ2v) is 12.4. The number of thioether (sulfide) groups is 1. The number of nitrogens with zero attached hydrogens (tertiary/aromatic N) is 6. The normalized spacial score (nSPS) is 19.3. The number of β-lactam (4-membered cyclic amide) rings is 1. The lowest BCUT2D eigenvalue weighted by Crippen LogP contribution is -2.71. The van der Waals surface area contributed by atoms with E-state index in [1.54, 1.807) is 26.9 Å². The zero-order valence-electron chi connectivity index (χ0n) is 20.3. The molecule has 2 aliphatic rings. The summed E-state index contributed by atoms with van der Waals surface area (Å²) < 4.78 is 52.6. The fourth-order valence-electron chi connectivity index (χ4n) is 4.14. The van der Waals surface area contributed by atoms with E-state index in [0.29, 0.717) is 16.1 Å². The fraction of sp³-hybridized carbons (Fsp3) is 0.316. The van der Waals surface area contributed by atoms with Crippen molar-refractivity contribution in [3.8, 4) is 0 Å². The number of rotatable bonds is 11. The van der Waals surface area contributed by atoms with Crippen molar-refractivity contribution in [3.63, 3.8) is 0 Å². The smallest absolute Gasteiger partial charge is 0.333 e. The highest BCUT2D eigenvalue weighted by Gasteiger charge is 2.53. The van der Waals surface area contributed by atoms with Gasteiger partial charge in [-0.1, -0.05) is 16.5 Å². The lowest BCUT2D eigenvalue weighted by atomic mass is 10.0. The molecule has 218 valence electrons. The number of carboxylic acid groups (broad SMARTS) is 1. The summed E-state index contributed by atoms with van der Waals surface area (Å²) in [7, 11) is -4.40. The quantitative estimate of drug-likeness (QED) is 0.0550. The van der Waals surface area contributed by atoms with Gasteiger partial charge < -0.3 is 25.8 Å². The van der Waals surface area contributed by atoms with Gasteiger partial charge in [-0.3, -0.25) is 19.0 Å². The maximum Gasteiger partial charge on any atom is 0.333 e. The summed E-state index contributed by atoms with van der Waals surface area (Å²) in [5.74, 6) is -3.32.